The van der Waals surface area contributed by atoms with E-state index in [2.05, 4.69) is 0 Å². The lowest BCUT2D eigenvalue weighted by Crippen LogP contribution is -2.16. The van der Waals surface area contributed by atoms with Crippen molar-refractivity contribution in [3.63, 3.8) is 0 Å². The molecular weight excluding hydrogens is 896 g/mol. The van der Waals surface area contributed by atoms with Crippen molar-refractivity contribution < 1.29 is 49.6 Å². The van der Waals surface area contributed by atoms with E-state index in [1.54, 1.807) is 30.3 Å². The lowest BCUT2D eigenvalue weighted by atomic mass is 9.73. The molecule has 0 saturated heterocycles. The minimum absolute atomic E-state index is 0.0219. The van der Waals surface area contributed by atoms with Crippen LogP contribution < -0.4 is 9.47 Å². The van der Waals surface area contributed by atoms with Crippen LogP contribution in [0.4, 0.5) is 4.39 Å². The lowest BCUT2D eigenvalue weighted by Gasteiger charge is -2.32. The first-order valence-electron chi connectivity index (χ1n) is 23.7. The third-order valence-electron chi connectivity index (χ3n) is 14.1. The minimum Gasteiger partial charge on any atom is -0.508 e. The second kappa shape index (κ2) is 20.0. The zero-order chi connectivity index (χ0) is 50.2. The second-order valence-electron chi connectivity index (χ2n) is 18.5. The molecule has 0 aliphatic heterocycles. The number of hydrogen-bond acceptors (Lipinski definition) is 9. The van der Waals surface area contributed by atoms with Gasteiger partial charge in [-0.2, -0.15) is 0 Å². The number of hydrogen-bond donors (Lipinski definition) is 7. The first kappa shape index (κ1) is 48.4. The Hall–Kier alpha value is -7.63. The predicted octanol–water partition coefficient (Wildman–Crippen LogP) is 11.5. The van der Waals surface area contributed by atoms with Crippen molar-refractivity contribution in [3.8, 4) is 34.5 Å². The number of aliphatic hydroxyl groups excluding tert-OH is 3. The van der Waals surface area contributed by atoms with Gasteiger partial charge >= 0.3 is 0 Å². The second-order valence-corrected chi connectivity index (χ2v) is 18.5. The Morgan fingerprint density at radius 3 is 1.48 bits per heavy atom. The Morgan fingerprint density at radius 2 is 0.901 bits per heavy atom. The molecule has 1 aliphatic carbocycles. The van der Waals surface area contributed by atoms with E-state index in [1.165, 1.54) is 31.4 Å². The van der Waals surface area contributed by atoms with Crippen LogP contribution in [-0.4, -0.2) is 49.5 Å². The summed E-state index contributed by atoms with van der Waals surface area (Å²) < 4.78 is 27.9. The monoisotopic (exact) mass is 952 g/mol. The molecule has 8 aromatic rings. The van der Waals surface area contributed by atoms with E-state index in [-0.39, 0.29) is 46.5 Å². The van der Waals surface area contributed by atoms with Crippen LogP contribution in [0.15, 0.2) is 140 Å². The maximum Gasteiger partial charge on any atom is 0.165 e. The van der Waals surface area contributed by atoms with E-state index in [9.17, 15) is 35.7 Å². The zero-order valence-electron chi connectivity index (χ0n) is 40.2. The van der Waals surface area contributed by atoms with Gasteiger partial charge in [-0.05, 0) is 125 Å². The predicted molar refractivity (Wildman–Crippen MR) is 272 cm³/mol. The van der Waals surface area contributed by atoms with Crippen LogP contribution in [0, 0.1) is 26.6 Å². The highest BCUT2D eigenvalue weighted by atomic mass is 19.1. The largest absolute Gasteiger partial charge is 0.508 e. The summed E-state index contributed by atoms with van der Waals surface area (Å²) in [5.74, 6) is -4.82. The van der Waals surface area contributed by atoms with Gasteiger partial charge in [-0.1, -0.05) is 102 Å². The van der Waals surface area contributed by atoms with Gasteiger partial charge < -0.3 is 45.2 Å². The van der Waals surface area contributed by atoms with Crippen molar-refractivity contribution in [3.05, 3.63) is 245 Å². The van der Waals surface area contributed by atoms with Gasteiger partial charge in [0.2, 0.25) is 0 Å². The molecule has 0 radical (unpaired) electrons. The number of phenolic OH excluding ortho intramolecular Hbond substituents is 4. The maximum absolute atomic E-state index is 16.1. The van der Waals surface area contributed by atoms with E-state index in [1.807, 2.05) is 113 Å². The first-order valence-corrected chi connectivity index (χ1v) is 23.7. The van der Waals surface area contributed by atoms with Crippen LogP contribution in [-0.2, 0) is 19.8 Å². The smallest absolute Gasteiger partial charge is 0.165 e. The number of aliphatic hydroxyl groups is 3. The number of fused-ring (bicyclic) bond motifs is 8. The molecule has 0 spiro atoms. The molecule has 71 heavy (non-hydrogen) atoms. The van der Waals surface area contributed by atoms with Gasteiger partial charge in [0, 0.05) is 63.6 Å². The number of halogens is 1. The third kappa shape index (κ3) is 8.95. The summed E-state index contributed by atoms with van der Waals surface area (Å²) in [4.78, 5) is 0. The Bertz CT molecular complexity index is 3280. The fourth-order valence-corrected chi connectivity index (χ4v) is 10.8. The van der Waals surface area contributed by atoms with E-state index >= 15 is 4.39 Å². The molecule has 7 N–H and O–H groups in total. The average molecular weight is 953 g/mol. The van der Waals surface area contributed by atoms with Gasteiger partial charge in [-0.25, -0.2) is 4.39 Å². The molecule has 8 aromatic carbocycles. The summed E-state index contributed by atoms with van der Waals surface area (Å²) in [6.45, 7) is 6.64. The molecule has 4 atom stereocenters. The normalized spacial score (nSPS) is 16.4. The minimum atomic E-state index is -1.12. The van der Waals surface area contributed by atoms with E-state index in [4.69, 9.17) is 9.47 Å². The Labute approximate surface area is 413 Å². The van der Waals surface area contributed by atoms with E-state index in [0.29, 0.717) is 61.4 Å². The lowest BCUT2D eigenvalue weighted by molar-refractivity contribution is 0.273. The molecule has 9 nitrogen and oxygen atoms in total. The molecular formula is C61H57FO9. The zero-order valence-corrected chi connectivity index (χ0v) is 40.2. The Morgan fingerprint density at radius 1 is 0.423 bits per heavy atom. The van der Waals surface area contributed by atoms with Crippen molar-refractivity contribution in [1.82, 2.24) is 0 Å². The summed E-state index contributed by atoms with van der Waals surface area (Å²) in [7, 11) is 1.36. The van der Waals surface area contributed by atoms with Crippen molar-refractivity contribution in [1.29, 1.82) is 0 Å². The number of methoxy groups -OCH3 is 1. The molecule has 0 amide bonds. The van der Waals surface area contributed by atoms with Crippen LogP contribution in [0.1, 0.15) is 131 Å². The van der Waals surface area contributed by atoms with Crippen molar-refractivity contribution in [2.24, 2.45) is 0 Å². The highest BCUT2D eigenvalue weighted by molar-refractivity contribution is 5.66. The first-order chi connectivity index (χ1) is 34.3. The number of aromatic hydroxyl groups is 4. The van der Waals surface area contributed by atoms with Gasteiger partial charge in [-0.15, -0.1) is 0 Å². The molecule has 4 unspecified atom stereocenters. The number of rotatable bonds is 10. The summed E-state index contributed by atoms with van der Waals surface area (Å²) >= 11 is 0. The standard InChI is InChI=1S/C61H57FO9/c1-6-71-57-29-55(69)48-27-50(57)61(42-18-14-34(3)20-35(42)4)49-26-47(53(67)28-54(49)68)60(38-17-19-56(70-5)51(62)22-38)46-25-45(41(32-65)23-52(46)66)58(36-10-8-7-9-11-36)43-24-44(40(31-64)21-39(43)30-63)59(48)37-15-12-33(2)13-16-37/h7-29,58-61,63-69H,6,30-32H2,1-5H3. The summed E-state index contributed by atoms with van der Waals surface area (Å²) in [6.07, 6.45) is 0. The van der Waals surface area contributed by atoms with E-state index < -0.39 is 49.3 Å². The third-order valence-corrected chi connectivity index (χ3v) is 14.1. The molecule has 0 fully saturated rings. The fourth-order valence-electron chi connectivity index (χ4n) is 10.8. The van der Waals surface area contributed by atoms with Crippen LogP contribution in [0.2, 0.25) is 0 Å². The van der Waals surface area contributed by atoms with Gasteiger partial charge in [0.25, 0.3) is 0 Å². The van der Waals surface area contributed by atoms with Crippen molar-refractivity contribution in [2.45, 2.75) is 71.2 Å². The molecule has 0 aromatic heterocycles. The Balaban J connectivity index is 1.53. The molecule has 8 bridgehead atoms. The molecule has 1 aliphatic rings. The molecule has 0 heterocycles. The van der Waals surface area contributed by atoms with Gasteiger partial charge in [0.15, 0.2) is 11.6 Å². The highest BCUT2D eigenvalue weighted by Gasteiger charge is 2.35. The quantitative estimate of drug-likeness (QED) is 0.0708. The molecule has 0 saturated carbocycles. The van der Waals surface area contributed by atoms with Gasteiger partial charge in [0.05, 0.1) is 33.5 Å². The highest BCUT2D eigenvalue weighted by Crippen LogP contribution is 2.53. The summed E-state index contributed by atoms with van der Waals surface area (Å²) in [5.41, 5.74) is 10.4. The number of ether oxygens (including phenoxy) is 2. The van der Waals surface area contributed by atoms with Crippen LogP contribution in [0.25, 0.3) is 0 Å². The van der Waals surface area contributed by atoms with Crippen LogP contribution in [0.3, 0.4) is 0 Å². The van der Waals surface area contributed by atoms with Crippen molar-refractivity contribution >= 4 is 0 Å². The Kier molecular flexibility index (Phi) is 13.6. The summed E-state index contributed by atoms with van der Waals surface area (Å²) in [5, 5.41) is 83.3. The van der Waals surface area contributed by atoms with Crippen LogP contribution in [0.5, 0.6) is 34.5 Å². The number of benzene rings is 8. The van der Waals surface area contributed by atoms with Crippen LogP contribution >= 0.6 is 0 Å². The number of phenols is 4. The van der Waals surface area contributed by atoms with Gasteiger partial charge in [0.1, 0.15) is 28.7 Å². The average Bonchev–Trinajstić information content (AvgIpc) is 3.36. The number of aryl methyl sites for hydroxylation is 3. The summed E-state index contributed by atoms with van der Waals surface area (Å²) in [6, 6.07) is 41.2. The fraction of sp³-hybridized carbons (Fsp3) is 0.213. The van der Waals surface area contributed by atoms with Crippen molar-refractivity contribution in [2.75, 3.05) is 13.7 Å². The SMILES string of the molecule is CCOc1cc(O)c2cc1C(c1ccc(C)cc1C)c1cc(c(O)cc1O)C(c1ccc(OC)c(F)c1)c1cc(c(CO)cc1O)C(c1ccccc1)c1cc(c(CO)cc1CO)C2c1ccc(C)cc1. The maximum atomic E-state index is 16.1. The molecule has 10 heteroatoms. The van der Waals surface area contributed by atoms with E-state index in [0.717, 1.165) is 33.4 Å². The molecule has 362 valence electrons. The topological polar surface area (TPSA) is 160 Å². The van der Waals surface area contributed by atoms with Gasteiger partial charge in [-0.3, -0.25) is 0 Å². The molecule has 9 rings (SSSR count).